The van der Waals surface area contributed by atoms with E-state index in [1.54, 1.807) is 13.3 Å². The number of hydrogen-bond donors (Lipinski definition) is 2. The van der Waals surface area contributed by atoms with Crippen LogP contribution in [0.15, 0.2) is 64.8 Å². The van der Waals surface area contributed by atoms with Crippen molar-refractivity contribution in [2.45, 2.75) is 18.2 Å². The number of benzene rings is 2. The van der Waals surface area contributed by atoms with E-state index in [-0.39, 0.29) is 18.2 Å². The molecule has 7 nitrogen and oxygen atoms in total. The van der Waals surface area contributed by atoms with E-state index < -0.39 is 5.25 Å². The second-order valence-electron chi connectivity index (χ2n) is 5.95. The number of para-hydroxylation sites is 1. The number of hydrogen-bond acceptors (Lipinski definition) is 6. The number of rotatable bonds is 7. The molecule has 0 radical (unpaired) electrons. The highest BCUT2D eigenvalue weighted by Crippen LogP contribution is 2.23. The lowest BCUT2D eigenvalue weighted by Crippen LogP contribution is -2.31. The van der Waals surface area contributed by atoms with Crippen LogP contribution in [0.25, 0.3) is 0 Å². The van der Waals surface area contributed by atoms with Crippen LogP contribution in [0.5, 0.6) is 5.75 Å². The molecule has 3 rings (SSSR count). The number of nitrogens with zero attached hydrogens (tertiary/aromatic N) is 2. The predicted molar refractivity (Wildman–Crippen MR) is 110 cm³/mol. The number of amidine groups is 1. The molecule has 1 atom stereocenters. The Morgan fingerprint density at radius 2 is 1.96 bits per heavy atom. The molecule has 1 unspecified atom stereocenters. The van der Waals surface area contributed by atoms with E-state index in [9.17, 15) is 9.59 Å². The van der Waals surface area contributed by atoms with Crippen molar-refractivity contribution in [1.29, 1.82) is 0 Å². The molecule has 8 heteroatoms. The zero-order valence-corrected chi connectivity index (χ0v) is 16.1. The van der Waals surface area contributed by atoms with Crippen LogP contribution < -0.4 is 15.4 Å². The van der Waals surface area contributed by atoms with Gasteiger partial charge in [0.1, 0.15) is 11.0 Å². The molecular weight excluding hydrogens is 376 g/mol. The minimum atomic E-state index is -0.525. The third-order valence-electron chi connectivity index (χ3n) is 3.97. The number of carbonyl (C=O) groups excluding carboxylic acids is 2. The summed E-state index contributed by atoms with van der Waals surface area (Å²) in [6.07, 6.45) is 1.67. The van der Waals surface area contributed by atoms with Gasteiger partial charge in [-0.05, 0) is 11.6 Å². The van der Waals surface area contributed by atoms with Crippen LogP contribution >= 0.6 is 11.8 Å². The molecule has 2 amide bonds. The Morgan fingerprint density at radius 3 is 2.75 bits per heavy atom. The molecule has 2 aromatic rings. The van der Waals surface area contributed by atoms with Gasteiger partial charge in [-0.15, -0.1) is 5.10 Å². The lowest BCUT2D eigenvalue weighted by molar-refractivity contribution is -0.125. The maximum absolute atomic E-state index is 12.2. The number of thioether (sulfide) groups is 1. The quantitative estimate of drug-likeness (QED) is 0.555. The molecule has 1 aliphatic rings. The van der Waals surface area contributed by atoms with Crippen molar-refractivity contribution in [2.75, 3.05) is 7.11 Å². The zero-order valence-electron chi connectivity index (χ0n) is 15.3. The Kier molecular flexibility index (Phi) is 6.80. The molecule has 2 aromatic carbocycles. The molecule has 0 bridgehead atoms. The third kappa shape index (κ3) is 5.43. The van der Waals surface area contributed by atoms with E-state index in [0.717, 1.165) is 11.1 Å². The summed E-state index contributed by atoms with van der Waals surface area (Å²) < 4.78 is 5.26. The van der Waals surface area contributed by atoms with Crippen molar-refractivity contribution in [3.05, 3.63) is 65.7 Å². The molecule has 0 spiro atoms. The molecular formula is C20H20N4O3S. The molecule has 0 saturated carbocycles. The second-order valence-corrected chi connectivity index (χ2v) is 7.14. The molecule has 1 aliphatic heterocycles. The van der Waals surface area contributed by atoms with E-state index in [1.807, 2.05) is 54.6 Å². The van der Waals surface area contributed by atoms with Crippen molar-refractivity contribution in [1.82, 2.24) is 10.6 Å². The Balaban J connectivity index is 1.50. The molecule has 2 N–H and O–H groups in total. The van der Waals surface area contributed by atoms with Gasteiger partial charge in [0.2, 0.25) is 11.8 Å². The van der Waals surface area contributed by atoms with Crippen LogP contribution in [0.1, 0.15) is 17.5 Å². The van der Waals surface area contributed by atoms with Gasteiger partial charge in [-0.1, -0.05) is 60.3 Å². The first kappa shape index (κ1) is 19.6. The molecule has 28 heavy (non-hydrogen) atoms. The van der Waals surface area contributed by atoms with E-state index in [2.05, 4.69) is 20.8 Å². The first-order valence-electron chi connectivity index (χ1n) is 8.68. The number of amides is 2. The van der Waals surface area contributed by atoms with Gasteiger partial charge in [-0.25, -0.2) is 0 Å². The first-order valence-corrected chi connectivity index (χ1v) is 9.56. The summed E-state index contributed by atoms with van der Waals surface area (Å²) in [6, 6.07) is 17.0. The summed E-state index contributed by atoms with van der Waals surface area (Å²) in [5, 5.41) is 13.3. The van der Waals surface area contributed by atoms with Gasteiger partial charge in [-0.3, -0.25) is 9.59 Å². The fraction of sp³-hybridized carbons (Fsp3) is 0.200. The lowest BCUT2D eigenvalue weighted by atomic mass is 10.2. The number of nitrogens with one attached hydrogen (secondary N) is 2. The maximum atomic E-state index is 12.2. The predicted octanol–water partition coefficient (Wildman–Crippen LogP) is 2.32. The normalized spacial score (nSPS) is 17.7. The average molecular weight is 396 g/mol. The maximum Gasteiger partial charge on any atom is 0.240 e. The summed E-state index contributed by atoms with van der Waals surface area (Å²) in [5.74, 6) is 0.250. The van der Waals surface area contributed by atoms with Gasteiger partial charge in [0.05, 0.1) is 13.3 Å². The lowest BCUT2D eigenvalue weighted by Gasteiger charge is -2.10. The van der Waals surface area contributed by atoms with Gasteiger partial charge in [0.25, 0.3) is 0 Å². The largest absolute Gasteiger partial charge is 0.496 e. The summed E-state index contributed by atoms with van der Waals surface area (Å²) in [4.78, 5) is 24.3. The summed E-state index contributed by atoms with van der Waals surface area (Å²) >= 11 is 1.20. The second kappa shape index (κ2) is 9.70. The van der Waals surface area contributed by atoms with Crippen LogP contribution in [0.4, 0.5) is 0 Å². The summed E-state index contributed by atoms with van der Waals surface area (Å²) in [7, 11) is 1.58. The van der Waals surface area contributed by atoms with E-state index in [4.69, 9.17) is 4.74 Å². The Hall–Kier alpha value is -3.13. The van der Waals surface area contributed by atoms with Crippen LogP contribution in [-0.2, 0) is 16.1 Å². The van der Waals surface area contributed by atoms with Crippen molar-refractivity contribution >= 4 is 35.0 Å². The Labute approximate surface area is 167 Å². The van der Waals surface area contributed by atoms with Crippen LogP contribution in [-0.4, -0.2) is 35.6 Å². The summed E-state index contributed by atoms with van der Waals surface area (Å²) in [5.41, 5.74) is 1.79. The minimum absolute atomic E-state index is 0.0626. The van der Waals surface area contributed by atoms with Crippen molar-refractivity contribution < 1.29 is 14.3 Å². The fourth-order valence-corrected chi connectivity index (χ4v) is 3.48. The van der Waals surface area contributed by atoms with Gasteiger partial charge in [0.15, 0.2) is 5.17 Å². The molecule has 144 valence electrons. The van der Waals surface area contributed by atoms with Crippen molar-refractivity contribution in [3.63, 3.8) is 0 Å². The van der Waals surface area contributed by atoms with E-state index >= 15 is 0 Å². The standard InChI is InChI=1S/C20H20N4O3S/c1-27-16-10-6-5-9-15(16)13-21-18(25)11-17-19(26)23-20(28-17)24-22-12-14-7-3-2-4-8-14/h2-10,12,17H,11,13H2,1H3,(H,21,25)(H,23,24,26). The zero-order chi connectivity index (χ0) is 19.8. The topological polar surface area (TPSA) is 92.2 Å². The van der Waals surface area contributed by atoms with Crippen molar-refractivity contribution in [2.24, 2.45) is 10.2 Å². The number of ether oxygens (including phenoxy) is 1. The fourth-order valence-electron chi connectivity index (χ4n) is 2.56. The van der Waals surface area contributed by atoms with Gasteiger partial charge in [-0.2, -0.15) is 5.10 Å². The molecule has 1 saturated heterocycles. The number of carbonyl (C=O) groups is 2. The smallest absolute Gasteiger partial charge is 0.240 e. The molecule has 0 aliphatic carbocycles. The molecule has 1 fully saturated rings. The van der Waals surface area contributed by atoms with Gasteiger partial charge >= 0.3 is 0 Å². The number of methoxy groups -OCH3 is 1. The highest BCUT2D eigenvalue weighted by atomic mass is 32.2. The molecule has 0 aromatic heterocycles. The highest BCUT2D eigenvalue weighted by Gasteiger charge is 2.32. The summed E-state index contributed by atoms with van der Waals surface area (Å²) in [6.45, 7) is 0.337. The van der Waals surface area contributed by atoms with Gasteiger partial charge in [0, 0.05) is 18.5 Å². The van der Waals surface area contributed by atoms with E-state index in [1.165, 1.54) is 11.8 Å². The highest BCUT2D eigenvalue weighted by molar-refractivity contribution is 8.15. The first-order chi connectivity index (χ1) is 13.7. The Morgan fingerprint density at radius 1 is 1.21 bits per heavy atom. The SMILES string of the molecule is COc1ccccc1CNC(=O)CC1S/C(=N/N=Cc2ccccc2)NC1=O. The van der Waals surface area contributed by atoms with E-state index in [0.29, 0.717) is 17.5 Å². The van der Waals surface area contributed by atoms with Crippen LogP contribution in [0.2, 0.25) is 0 Å². The molecule has 1 heterocycles. The monoisotopic (exact) mass is 396 g/mol. The van der Waals surface area contributed by atoms with Crippen molar-refractivity contribution in [3.8, 4) is 5.75 Å². The van der Waals surface area contributed by atoms with Crippen LogP contribution in [0, 0.1) is 0 Å². The average Bonchev–Trinajstić information content (AvgIpc) is 3.06. The Bertz CT molecular complexity index is 899. The minimum Gasteiger partial charge on any atom is -0.496 e. The third-order valence-corrected chi connectivity index (χ3v) is 5.04. The van der Waals surface area contributed by atoms with Gasteiger partial charge < -0.3 is 15.4 Å². The van der Waals surface area contributed by atoms with Crippen LogP contribution in [0.3, 0.4) is 0 Å².